The second kappa shape index (κ2) is 3.55. The van der Waals surface area contributed by atoms with Crippen molar-refractivity contribution in [3.05, 3.63) is 42.6 Å². The lowest BCUT2D eigenvalue weighted by atomic mass is 10.1. The van der Waals surface area contributed by atoms with Crippen molar-refractivity contribution in [3.8, 4) is 11.3 Å². The number of rotatable bonds is 1. The molecule has 17 heavy (non-hydrogen) atoms. The Hall–Kier alpha value is -2.43. The quantitative estimate of drug-likeness (QED) is 0.684. The SMILES string of the molecule is Cc1c(-c2ccnc(N)n2)cn2cnccc12. The number of hydrogen-bond acceptors (Lipinski definition) is 4. The highest BCUT2D eigenvalue weighted by molar-refractivity contribution is 5.74. The minimum absolute atomic E-state index is 0.287. The number of aromatic nitrogens is 4. The maximum Gasteiger partial charge on any atom is 0.220 e. The van der Waals surface area contributed by atoms with Crippen LogP contribution in [0.4, 0.5) is 5.95 Å². The van der Waals surface area contributed by atoms with E-state index in [0.29, 0.717) is 0 Å². The lowest BCUT2D eigenvalue weighted by molar-refractivity contribution is 1.09. The van der Waals surface area contributed by atoms with Crippen LogP contribution in [0, 0.1) is 6.92 Å². The molecule has 0 aliphatic heterocycles. The lowest BCUT2D eigenvalue weighted by Gasteiger charge is -1.99. The van der Waals surface area contributed by atoms with Crippen LogP contribution in [0.2, 0.25) is 0 Å². The molecule has 0 atom stereocenters. The van der Waals surface area contributed by atoms with Gasteiger partial charge in [0.25, 0.3) is 0 Å². The van der Waals surface area contributed by atoms with Crippen LogP contribution in [-0.2, 0) is 0 Å². The summed E-state index contributed by atoms with van der Waals surface area (Å²) >= 11 is 0. The molecule has 3 heterocycles. The molecule has 84 valence electrons. The molecular formula is C12H11N5. The molecule has 0 fully saturated rings. The Labute approximate surface area is 98.0 Å². The number of fused-ring (bicyclic) bond motifs is 1. The van der Waals surface area contributed by atoms with Crippen LogP contribution in [0.1, 0.15) is 5.56 Å². The van der Waals surface area contributed by atoms with Crippen molar-refractivity contribution >= 4 is 11.5 Å². The molecule has 3 rings (SSSR count). The van der Waals surface area contributed by atoms with E-state index in [4.69, 9.17) is 5.73 Å². The van der Waals surface area contributed by atoms with Gasteiger partial charge in [0.1, 0.15) is 0 Å². The normalized spacial score (nSPS) is 10.9. The average molecular weight is 225 g/mol. The van der Waals surface area contributed by atoms with Crippen molar-refractivity contribution in [2.75, 3.05) is 5.73 Å². The van der Waals surface area contributed by atoms with E-state index in [2.05, 4.69) is 21.9 Å². The average Bonchev–Trinajstić information content (AvgIpc) is 2.68. The fourth-order valence-electron chi connectivity index (χ4n) is 1.95. The first kappa shape index (κ1) is 9.77. The minimum Gasteiger partial charge on any atom is -0.368 e. The van der Waals surface area contributed by atoms with E-state index < -0.39 is 0 Å². The fraction of sp³-hybridized carbons (Fsp3) is 0.0833. The smallest absolute Gasteiger partial charge is 0.220 e. The molecule has 0 aliphatic carbocycles. The Balaban J connectivity index is 2.27. The molecular weight excluding hydrogens is 214 g/mol. The molecule has 0 unspecified atom stereocenters. The minimum atomic E-state index is 0.287. The molecule has 0 amide bonds. The van der Waals surface area contributed by atoms with Gasteiger partial charge in [-0.1, -0.05) is 0 Å². The second-order valence-corrected chi connectivity index (χ2v) is 3.84. The van der Waals surface area contributed by atoms with Crippen LogP contribution < -0.4 is 5.73 Å². The van der Waals surface area contributed by atoms with Gasteiger partial charge < -0.3 is 10.1 Å². The largest absolute Gasteiger partial charge is 0.368 e. The van der Waals surface area contributed by atoms with Crippen LogP contribution in [0.3, 0.4) is 0 Å². The van der Waals surface area contributed by atoms with Crippen LogP contribution in [0.5, 0.6) is 0 Å². The summed E-state index contributed by atoms with van der Waals surface area (Å²) in [6.45, 7) is 2.06. The molecule has 0 bridgehead atoms. The zero-order chi connectivity index (χ0) is 11.8. The molecule has 0 aliphatic rings. The van der Waals surface area contributed by atoms with Gasteiger partial charge in [0.15, 0.2) is 0 Å². The summed E-state index contributed by atoms with van der Waals surface area (Å²) in [5, 5.41) is 0. The highest BCUT2D eigenvalue weighted by Gasteiger charge is 2.09. The zero-order valence-electron chi connectivity index (χ0n) is 9.33. The van der Waals surface area contributed by atoms with E-state index in [-0.39, 0.29) is 5.95 Å². The molecule has 5 heteroatoms. The second-order valence-electron chi connectivity index (χ2n) is 3.84. The van der Waals surface area contributed by atoms with Gasteiger partial charge in [0, 0.05) is 24.2 Å². The fourth-order valence-corrected chi connectivity index (χ4v) is 1.95. The van der Waals surface area contributed by atoms with Gasteiger partial charge in [-0.3, -0.25) is 0 Å². The van der Waals surface area contributed by atoms with Crippen LogP contribution in [-0.4, -0.2) is 19.4 Å². The van der Waals surface area contributed by atoms with Crippen molar-refractivity contribution in [3.63, 3.8) is 0 Å². The highest BCUT2D eigenvalue weighted by atomic mass is 15.0. The molecule has 0 saturated heterocycles. The Morgan fingerprint density at radius 2 is 2.12 bits per heavy atom. The number of aryl methyl sites for hydroxylation is 1. The van der Waals surface area contributed by atoms with E-state index in [0.717, 1.165) is 22.3 Å². The number of nitrogens with two attached hydrogens (primary N) is 1. The van der Waals surface area contributed by atoms with Crippen molar-refractivity contribution in [1.82, 2.24) is 19.4 Å². The summed E-state index contributed by atoms with van der Waals surface area (Å²) < 4.78 is 1.98. The Morgan fingerprint density at radius 1 is 1.24 bits per heavy atom. The maximum atomic E-state index is 5.60. The molecule has 0 saturated carbocycles. The van der Waals surface area contributed by atoms with E-state index in [1.807, 2.05) is 22.7 Å². The molecule has 0 radical (unpaired) electrons. The molecule has 3 aromatic rings. The van der Waals surface area contributed by atoms with Gasteiger partial charge in [-0.25, -0.2) is 15.0 Å². The van der Waals surface area contributed by atoms with Crippen molar-refractivity contribution < 1.29 is 0 Å². The first-order valence-corrected chi connectivity index (χ1v) is 5.26. The van der Waals surface area contributed by atoms with E-state index >= 15 is 0 Å². The van der Waals surface area contributed by atoms with Crippen LogP contribution in [0.25, 0.3) is 16.8 Å². The third kappa shape index (κ3) is 1.52. The van der Waals surface area contributed by atoms with Crippen LogP contribution in [0.15, 0.2) is 37.1 Å². The summed E-state index contributed by atoms with van der Waals surface area (Å²) in [6, 6.07) is 3.83. The van der Waals surface area contributed by atoms with Crippen molar-refractivity contribution in [2.24, 2.45) is 0 Å². The molecule has 0 spiro atoms. The molecule has 2 N–H and O–H groups in total. The molecule has 0 aromatic carbocycles. The van der Waals surface area contributed by atoms with Gasteiger partial charge in [-0.2, -0.15) is 0 Å². The van der Waals surface area contributed by atoms with Gasteiger partial charge in [-0.15, -0.1) is 0 Å². The Morgan fingerprint density at radius 3 is 2.88 bits per heavy atom. The first-order valence-electron chi connectivity index (χ1n) is 5.26. The summed E-state index contributed by atoms with van der Waals surface area (Å²) in [5.41, 5.74) is 9.75. The summed E-state index contributed by atoms with van der Waals surface area (Å²) in [5.74, 6) is 0.287. The van der Waals surface area contributed by atoms with Gasteiger partial charge in [0.2, 0.25) is 5.95 Å². The summed E-state index contributed by atoms with van der Waals surface area (Å²) in [7, 11) is 0. The van der Waals surface area contributed by atoms with Gasteiger partial charge >= 0.3 is 0 Å². The highest BCUT2D eigenvalue weighted by Crippen LogP contribution is 2.26. The maximum absolute atomic E-state index is 5.60. The molecule has 5 nitrogen and oxygen atoms in total. The first-order chi connectivity index (χ1) is 8.25. The summed E-state index contributed by atoms with van der Waals surface area (Å²) in [4.78, 5) is 12.2. The standard InChI is InChI=1S/C12H11N5/c1-8-9(10-2-5-15-12(13)16-10)6-17-7-14-4-3-11(8)17/h2-7H,1H3,(H2,13,15,16). The van der Waals surface area contributed by atoms with E-state index in [9.17, 15) is 0 Å². The number of nitrogens with zero attached hydrogens (tertiary/aromatic N) is 4. The lowest BCUT2D eigenvalue weighted by Crippen LogP contribution is -1.95. The third-order valence-corrected chi connectivity index (χ3v) is 2.79. The monoisotopic (exact) mass is 225 g/mol. The van der Waals surface area contributed by atoms with Crippen molar-refractivity contribution in [2.45, 2.75) is 6.92 Å². The third-order valence-electron chi connectivity index (χ3n) is 2.79. The Bertz CT molecular complexity index is 686. The van der Waals surface area contributed by atoms with Crippen molar-refractivity contribution in [1.29, 1.82) is 0 Å². The van der Waals surface area contributed by atoms with Gasteiger partial charge in [0.05, 0.1) is 17.5 Å². The predicted octanol–water partition coefficient (Wildman–Crippen LogP) is 1.68. The predicted molar refractivity (Wildman–Crippen MR) is 65.4 cm³/mol. The van der Waals surface area contributed by atoms with E-state index in [1.165, 1.54) is 0 Å². The van der Waals surface area contributed by atoms with Crippen LogP contribution >= 0.6 is 0 Å². The van der Waals surface area contributed by atoms with Gasteiger partial charge in [-0.05, 0) is 24.6 Å². The topological polar surface area (TPSA) is 69.1 Å². The number of hydrogen-bond donors (Lipinski definition) is 1. The number of anilines is 1. The van der Waals surface area contributed by atoms with E-state index in [1.54, 1.807) is 18.7 Å². The summed E-state index contributed by atoms with van der Waals surface area (Å²) in [6.07, 6.45) is 7.22. The number of nitrogen functional groups attached to an aromatic ring is 1. The Kier molecular flexibility index (Phi) is 2.04. The molecule has 3 aromatic heterocycles. The zero-order valence-corrected chi connectivity index (χ0v) is 9.33.